The van der Waals surface area contributed by atoms with Crippen LogP contribution in [0.2, 0.25) is 0 Å². The second kappa shape index (κ2) is 16.1. The third-order valence-electron chi connectivity index (χ3n) is 17.3. The molecule has 8 aromatic carbocycles. The van der Waals surface area contributed by atoms with Gasteiger partial charge >= 0.3 is 6.85 Å². The number of rotatable bonds is 4. The Hall–Kier alpha value is -6.78. The van der Waals surface area contributed by atoms with Gasteiger partial charge in [0.2, 0.25) is 0 Å². The van der Waals surface area contributed by atoms with Crippen LogP contribution >= 0.6 is 0 Å². The van der Waals surface area contributed by atoms with E-state index >= 15 is 0 Å². The van der Waals surface area contributed by atoms with E-state index in [1.807, 2.05) is 0 Å². The van der Waals surface area contributed by atoms with Gasteiger partial charge in [-0.25, -0.2) is 0 Å². The Morgan fingerprint density at radius 1 is 0.440 bits per heavy atom. The Morgan fingerprint density at radius 3 is 1.47 bits per heavy atom. The summed E-state index contributed by atoms with van der Waals surface area (Å²) in [6, 6.07) is 59.7. The quantitative estimate of drug-likeness (QED) is 0.163. The first kappa shape index (κ1) is 49.1. The third kappa shape index (κ3) is 7.50. The first-order valence-corrected chi connectivity index (χ1v) is 27.6. The monoisotopic (exact) mass is 982 g/mol. The molecule has 0 amide bonds. The average molecular weight is 982 g/mol. The zero-order chi connectivity index (χ0) is 53.3. The molecular weight excluding hydrogens is 906 g/mol. The molecule has 3 aliphatic rings. The van der Waals surface area contributed by atoms with Gasteiger partial charge in [-0.15, -0.1) is 0 Å². The van der Waals surface area contributed by atoms with Crippen LogP contribution in [0.5, 0.6) is 0 Å². The second-order valence-electron chi connectivity index (χ2n) is 28.0. The zero-order valence-electron chi connectivity index (χ0n) is 47.9. The van der Waals surface area contributed by atoms with Crippen molar-refractivity contribution >= 4 is 68.0 Å². The van der Waals surface area contributed by atoms with Gasteiger partial charge in [0, 0.05) is 55.9 Å². The Kier molecular flexibility index (Phi) is 10.6. The number of fused-ring (bicyclic) bond motifs is 13. The number of benzene rings is 8. The molecule has 4 heteroatoms. The summed E-state index contributed by atoms with van der Waals surface area (Å²) >= 11 is 0. The molecule has 0 saturated carbocycles. The topological polar surface area (TPSA) is 11.4 Å². The highest BCUT2D eigenvalue weighted by molar-refractivity contribution is 6.94. The molecule has 0 spiro atoms. The molecular formula is C71H76BN3. The van der Waals surface area contributed by atoms with E-state index < -0.39 is 0 Å². The third-order valence-corrected chi connectivity index (χ3v) is 17.3. The van der Waals surface area contributed by atoms with Crippen molar-refractivity contribution in [2.75, 3.05) is 9.71 Å². The summed E-state index contributed by atoms with van der Waals surface area (Å²) in [4.78, 5) is 5.20. The van der Waals surface area contributed by atoms with Gasteiger partial charge in [-0.05, 0) is 160 Å². The highest BCUT2D eigenvalue weighted by Crippen LogP contribution is 2.59. The average Bonchev–Trinajstić information content (AvgIpc) is 3.81. The van der Waals surface area contributed by atoms with Crippen molar-refractivity contribution in [3.05, 3.63) is 191 Å². The van der Waals surface area contributed by atoms with E-state index in [9.17, 15) is 0 Å². The largest absolute Gasteiger partial charge is 0.376 e. The number of anilines is 5. The van der Waals surface area contributed by atoms with Gasteiger partial charge in [-0.1, -0.05) is 203 Å². The molecule has 9 aromatic rings. The lowest BCUT2D eigenvalue weighted by molar-refractivity contribution is 0.590. The number of aromatic nitrogens is 1. The van der Waals surface area contributed by atoms with Gasteiger partial charge in [0.1, 0.15) is 0 Å². The molecule has 2 aliphatic heterocycles. The SMILES string of the molecule is CC(C)(C)c1ccc(N2B3c4cc(C(C)(C)C)ccc4-n4c5cc(N(c6ccc(C(C)(C)C)cc6)c6ccc(C(C)(C)C)cc6)ccc5c5c6c(c(c3c54)-c3cc(C(C)(C)C)ccc32)-c2ccccc2C6(C)C)cc1. The van der Waals surface area contributed by atoms with Gasteiger partial charge < -0.3 is 14.3 Å². The fraction of sp³-hybridized carbons (Fsp3) is 0.324. The van der Waals surface area contributed by atoms with Crippen LogP contribution in [-0.4, -0.2) is 11.4 Å². The van der Waals surface area contributed by atoms with Crippen molar-refractivity contribution in [3.63, 3.8) is 0 Å². The Bertz CT molecular complexity index is 3730. The Balaban J connectivity index is 1.25. The fourth-order valence-corrected chi connectivity index (χ4v) is 13.0. The van der Waals surface area contributed by atoms with E-state index in [1.54, 1.807) is 0 Å². The van der Waals surface area contributed by atoms with E-state index in [0.717, 1.165) is 17.1 Å². The van der Waals surface area contributed by atoms with Crippen molar-refractivity contribution in [3.8, 4) is 27.9 Å². The molecule has 0 unspecified atom stereocenters. The lowest BCUT2D eigenvalue weighted by atomic mass is 9.43. The summed E-state index contributed by atoms with van der Waals surface area (Å²) < 4.78 is 2.70. The molecule has 1 aromatic heterocycles. The molecule has 75 heavy (non-hydrogen) atoms. The number of nitrogens with zero attached hydrogens (tertiary/aromatic N) is 3. The predicted molar refractivity (Wildman–Crippen MR) is 326 cm³/mol. The summed E-state index contributed by atoms with van der Waals surface area (Å²) in [5, 5.41) is 2.66. The van der Waals surface area contributed by atoms with Crippen molar-refractivity contribution in [2.24, 2.45) is 0 Å². The molecule has 0 atom stereocenters. The van der Waals surface area contributed by atoms with Crippen LogP contribution in [0.15, 0.2) is 152 Å². The molecule has 0 radical (unpaired) electrons. The maximum absolute atomic E-state index is 2.72. The van der Waals surface area contributed by atoms with Crippen molar-refractivity contribution in [1.82, 2.24) is 4.57 Å². The smallest absolute Gasteiger partial charge is 0.333 e. The van der Waals surface area contributed by atoms with E-state index in [1.165, 1.54) is 111 Å². The molecule has 1 aliphatic carbocycles. The molecule has 0 N–H and O–H groups in total. The molecule has 0 bridgehead atoms. The molecule has 0 saturated heterocycles. The summed E-state index contributed by atoms with van der Waals surface area (Å²) in [6.45, 7) is 39.8. The first-order chi connectivity index (χ1) is 35.1. The van der Waals surface area contributed by atoms with Crippen LogP contribution in [0.25, 0.3) is 49.7 Å². The number of hydrogen-bond acceptors (Lipinski definition) is 2. The van der Waals surface area contributed by atoms with Crippen LogP contribution in [0.4, 0.5) is 28.4 Å². The van der Waals surface area contributed by atoms with E-state index in [2.05, 4.69) is 284 Å². The predicted octanol–water partition coefficient (Wildman–Crippen LogP) is 18.3. The number of hydrogen-bond donors (Lipinski definition) is 0. The molecule has 3 nitrogen and oxygen atoms in total. The minimum Gasteiger partial charge on any atom is -0.376 e. The first-order valence-electron chi connectivity index (χ1n) is 27.6. The summed E-state index contributed by atoms with van der Waals surface area (Å²) in [6.07, 6.45) is 0. The minimum absolute atomic E-state index is 0.0274. The van der Waals surface area contributed by atoms with Crippen LogP contribution < -0.4 is 20.6 Å². The fourth-order valence-electron chi connectivity index (χ4n) is 13.0. The van der Waals surface area contributed by atoms with E-state index in [4.69, 9.17) is 0 Å². The molecule has 378 valence electrons. The van der Waals surface area contributed by atoms with Crippen LogP contribution in [0, 0.1) is 0 Å². The highest BCUT2D eigenvalue weighted by Gasteiger charge is 2.50. The molecule has 12 rings (SSSR count). The van der Waals surface area contributed by atoms with Crippen LogP contribution in [0.1, 0.15) is 157 Å². The lowest BCUT2D eigenvalue weighted by Crippen LogP contribution is -2.61. The van der Waals surface area contributed by atoms with Gasteiger partial charge in [0.05, 0.1) is 11.0 Å². The summed E-state index contributed by atoms with van der Waals surface area (Å²) in [5.74, 6) is 0. The second-order valence-corrected chi connectivity index (χ2v) is 28.0. The van der Waals surface area contributed by atoms with Crippen molar-refractivity contribution < 1.29 is 0 Å². The van der Waals surface area contributed by atoms with Gasteiger partial charge in [0.25, 0.3) is 0 Å². The zero-order valence-corrected chi connectivity index (χ0v) is 47.9. The van der Waals surface area contributed by atoms with Gasteiger partial charge in [-0.2, -0.15) is 0 Å². The Labute approximate surface area is 448 Å². The highest BCUT2D eigenvalue weighted by atomic mass is 15.1. The maximum Gasteiger partial charge on any atom is 0.333 e. The molecule has 3 heterocycles. The summed E-state index contributed by atoms with van der Waals surface area (Å²) in [5.41, 5.74) is 27.1. The normalized spacial score (nSPS) is 14.8. The lowest BCUT2D eigenvalue weighted by Gasteiger charge is -2.44. The van der Waals surface area contributed by atoms with Gasteiger partial charge in [-0.3, -0.25) is 0 Å². The molecule has 0 fully saturated rings. The van der Waals surface area contributed by atoms with Gasteiger partial charge in [0.15, 0.2) is 0 Å². The Morgan fingerprint density at radius 2 is 0.920 bits per heavy atom. The van der Waals surface area contributed by atoms with Crippen molar-refractivity contribution in [2.45, 2.75) is 150 Å². The van der Waals surface area contributed by atoms with Crippen LogP contribution in [-0.2, 0) is 32.5 Å². The summed E-state index contributed by atoms with van der Waals surface area (Å²) in [7, 11) is 0. The van der Waals surface area contributed by atoms with E-state index in [0.29, 0.717) is 0 Å². The van der Waals surface area contributed by atoms with Crippen LogP contribution in [0.3, 0.4) is 0 Å². The maximum atomic E-state index is 2.72. The van der Waals surface area contributed by atoms with Crippen molar-refractivity contribution in [1.29, 1.82) is 0 Å². The standard InChI is InChI=1S/C71H76BN3/c1-66(2,3)43-22-30-48(31-23-43)73(49-32-24-44(25-33-49)67(4,5)6)51-36-37-53-59(42-51)74-58-39-29-47(70(13,14)15)41-56(58)72-64-61(60-52-20-18-19-21-55(52)71(16,17)63(60)62(53)65(64)74)54-40-46(69(10,11)12)28-38-57(54)75(72)50-34-26-45(27-35-50)68(7,8)9/h18-42H,1-17H3. The minimum atomic E-state index is -0.276. The van der Waals surface area contributed by atoms with E-state index in [-0.39, 0.29) is 39.3 Å².